The summed E-state index contributed by atoms with van der Waals surface area (Å²) in [6.45, 7) is 1.71. The first-order valence-corrected chi connectivity index (χ1v) is 5.56. The quantitative estimate of drug-likeness (QED) is 0.837. The van der Waals surface area contributed by atoms with Crippen LogP contribution in [0.1, 0.15) is 17.3 Å². The van der Waals surface area contributed by atoms with E-state index in [4.69, 9.17) is 5.11 Å². The Labute approximate surface area is 109 Å². The first-order valence-electron chi connectivity index (χ1n) is 5.56. The van der Waals surface area contributed by atoms with Crippen LogP contribution in [0.25, 0.3) is 0 Å². The van der Waals surface area contributed by atoms with E-state index in [0.717, 1.165) is 0 Å². The van der Waals surface area contributed by atoms with Crippen LogP contribution in [0.2, 0.25) is 0 Å². The zero-order chi connectivity index (χ0) is 14.0. The van der Waals surface area contributed by atoms with Crippen LogP contribution in [0.3, 0.4) is 0 Å². The molecular weight excluding hydrogens is 248 g/mol. The number of amides is 1. The van der Waals surface area contributed by atoms with E-state index in [-0.39, 0.29) is 11.5 Å². The third-order valence-electron chi connectivity index (χ3n) is 2.66. The van der Waals surface area contributed by atoms with Gasteiger partial charge in [0, 0.05) is 7.05 Å². The number of carboxylic acid groups (broad SMARTS) is 1. The number of nitrogens with zero attached hydrogens (tertiary/aromatic N) is 4. The second-order valence-corrected chi connectivity index (χ2v) is 4.07. The van der Waals surface area contributed by atoms with Crippen molar-refractivity contribution in [2.75, 3.05) is 7.05 Å². The van der Waals surface area contributed by atoms with Crippen molar-refractivity contribution in [2.24, 2.45) is 15.3 Å². The molecule has 1 atom stereocenters. The molecule has 0 aliphatic carbocycles. The van der Waals surface area contributed by atoms with Gasteiger partial charge in [0.25, 0.3) is 5.91 Å². The van der Waals surface area contributed by atoms with Crippen LogP contribution in [0.5, 0.6) is 0 Å². The number of carbonyl (C=O) groups is 2. The maximum atomic E-state index is 11.7. The highest BCUT2D eigenvalue weighted by Gasteiger charge is 2.31. The molecule has 1 aliphatic rings. The van der Waals surface area contributed by atoms with Gasteiger partial charge in [-0.25, -0.2) is 9.80 Å². The first kappa shape index (κ1) is 12.9. The van der Waals surface area contributed by atoms with E-state index in [2.05, 4.69) is 15.3 Å². The highest BCUT2D eigenvalue weighted by Crippen LogP contribution is 2.17. The molecule has 1 unspecified atom stereocenters. The summed E-state index contributed by atoms with van der Waals surface area (Å²) in [4.78, 5) is 22.3. The van der Waals surface area contributed by atoms with Crippen molar-refractivity contribution >= 4 is 23.3 Å². The first-order chi connectivity index (χ1) is 8.99. The lowest BCUT2D eigenvalue weighted by Crippen LogP contribution is -2.27. The van der Waals surface area contributed by atoms with Crippen molar-refractivity contribution < 1.29 is 14.7 Å². The summed E-state index contributed by atoms with van der Waals surface area (Å²) in [7, 11) is 1.56. The Morgan fingerprint density at radius 2 is 2.00 bits per heavy atom. The maximum Gasteiger partial charge on any atom is 0.335 e. The number of rotatable bonds is 3. The molecule has 0 aromatic heterocycles. The average molecular weight is 260 g/mol. The normalized spacial score (nSPS) is 19.1. The maximum absolute atomic E-state index is 11.7. The van der Waals surface area contributed by atoms with E-state index in [1.165, 1.54) is 29.3 Å². The molecule has 0 radical (unpaired) electrons. The van der Waals surface area contributed by atoms with Crippen LogP contribution in [-0.2, 0) is 4.79 Å². The van der Waals surface area contributed by atoms with Gasteiger partial charge in [0.05, 0.1) is 17.0 Å². The minimum Gasteiger partial charge on any atom is -0.478 e. The topological polar surface area (TPSA) is 94.7 Å². The highest BCUT2D eigenvalue weighted by atomic mass is 16.4. The lowest BCUT2D eigenvalue weighted by molar-refractivity contribution is -0.128. The zero-order valence-electron chi connectivity index (χ0n) is 10.4. The minimum atomic E-state index is -1.00. The molecule has 1 heterocycles. The van der Waals surface area contributed by atoms with Gasteiger partial charge in [-0.1, -0.05) is 0 Å². The fourth-order valence-electron chi connectivity index (χ4n) is 1.62. The molecule has 1 N–H and O–H groups in total. The average Bonchev–Trinajstić information content (AvgIpc) is 2.62. The summed E-state index contributed by atoms with van der Waals surface area (Å²) in [6.07, 6.45) is 0. The molecular formula is C12H12N4O3. The van der Waals surface area contributed by atoms with E-state index in [1.54, 1.807) is 14.0 Å². The van der Waals surface area contributed by atoms with Crippen LogP contribution in [0.4, 0.5) is 5.69 Å². The molecule has 0 saturated heterocycles. The van der Waals surface area contributed by atoms with Crippen LogP contribution in [0.15, 0.2) is 39.6 Å². The number of benzene rings is 1. The Morgan fingerprint density at radius 1 is 1.37 bits per heavy atom. The monoisotopic (exact) mass is 260 g/mol. The predicted molar refractivity (Wildman–Crippen MR) is 67.6 cm³/mol. The second kappa shape index (κ2) is 4.97. The number of likely N-dealkylation sites (N-methyl/N-ethyl adjacent to an activating group) is 1. The molecule has 19 heavy (non-hydrogen) atoms. The predicted octanol–water partition coefficient (Wildman–Crippen LogP) is 1.68. The number of azo groups is 1. The fourth-order valence-corrected chi connectivity index (χ4v) is 1.62. The third-order valence-corrected chi connectivity index (χ3v) is 2.66. The van der Waals surface area contributed by atoms with E-state index >= 15 is 0 Å². The van der Waals surface area contributed by atoms with Gasteiger partial charge in [-0.15, -0.1) is 0 Å². The van der Waals surface area contributed by atoms with Gasteiger partial charge < -0.3 is 5.11 Å². The molecule has 0 spiro atoms. The van der Waals surface area contributed by atoms with E-state index < -0.39 is 12.0 Å². The summed E-state index contributed by atoms with van der Waals surface area (Å²) in [5.41, 5.74) is 1.24. The molecule has 98 valence electrons. The molecule has 0 fully saturated rings. The van der Waals surface area contributed by atoms with E-state index in [9.17, 15) is 9.59 Å². The number of carboxylic acids is 1. The van der Waals surface area contributed by atoms with Gasteiger partial charge in [-0.2, -0.15) is 15.3 Å². The second-order valence-electron chi connectivity index (χ2n) is 4.07. The molecule has 1 aliphatic heterocycles. The zero-order valence-corrected chi connectivity index (χ0v) is 10.4. The van der Waals surface area contributed by atoms with Gasteiger partial charge in [0.2, 0.25) is 0 Å². The molecule has 2 rings (SSSR count). The standard InChI is InChI=1S/C12H12N4O3/c1-7-10(11(17)16(2)15-7)14-13-9-5-3-8(4-6-9)12(18)19/h3-6,10H,1-2H3,(H,18,19). The van der Waals surface area contributed by atoms with Crippen LogP contribution in [-0.4, -0.2) is 40.8 Å². The largest absolute Gasteiger partial charge is 0.478 e. The highest BCUT2D eigenvalue weighted by molar-refractivity contribution is 6.10. The van der Waals surface area contributed by atoms with Crippen LogP contribution >= 0.6 is 0 Å². The summed E-state index contributed by atoms with van der Waals surface area (Å²) < 4.78 is 0. The van der Waals surface area contributed by atoms with Gasteiger partial charge >= 0.3 is 5.97 Å². The lowest BCUT2D eigenvalue weighted by atomic mass is 10.2. The van der Waals surface area contributed by atoms with Crippen molar-refractivity contribution in [2.45, 2.75) is 13.0 Å². The van der Waals surface area contributed by atoms with E-state index in [1.807, 2.05) is 0 Å². The molecule has 0 bridgehead atoms. The summed E-state index contributed by atoms with van der Waals surface area (Å²) >= 11 is 0. The third kappa shape index (κ3) is 2.65. The van der Waals surface area contributed by atoms with E-state index in [0.29, 0.717) is 11.4 Å². The Hall–Kier alpha value is -2.57. The Balaban J connectivity index is 2.13. The van der Waals surface area contributed by atoms with Crippen molar-refractivity contribution in [1.29, 1.82) is 0 Å². The number of carbonyl (C=O) groups excluding carboxylic acids is 1. The summed E-state index contributed by atoms with van der Waals surface area (Å²) in [6, 6.07) is 5.23. The Kier molecular flexibility index (Phi) is 3.37. The molecule has 1 amide bonds. The Morgan fingerprint density at radius 3 is 2.47 bits per heavy atom. The van der Waals surface area contributed by atoms with Crippen LogP contribution < -0.4 is 0 Å². The Bertz CT molecular complexity index is 577. The fraction of sp³-hybridized carbons (Fsp3) is 0.250. The van der Waals surface area contributed by atoms with Gasteiger partial charge in [-0.3, -0.25) is 4.79 Å². The van der Waals surface area contributed by atoms with Crippen molar-refractivity contribution in [1.82, 2.24) is 5.01 Å². The number of hydrazone groups is 1. The summed E-state index contributed by atoms with van der Waals surface area (Å²) in [5, 5.41) is 21.8. The van der Waals surface area contributed by atoms with Crippen molar-refractivity contribution in [3.05, 3.63) is 29.8 Å². The number of hydrogen-bond donors (Lipinski definition) is 1. The minimum absolute atomic E-state index is 0.174. The van der Waals surface area contributed by atoms with Gasteiger partial charge in [-0.05, 0) is 31.2 Å². The smallest absolute Gasteiger partial charge is 0.335 e. The summed E-state index contributed by atoms with van der Waals surface area (Å²) in [5.74, 6) is -1.23. The van der Waals surface area contributed by atoms with Crippen LogP contribution in [0, 0.1) is 0 Å². The number of hydrogen-bond acceptors (Lipinski definition) is 5. The SMILES string of the molecule is CC1=NN(C)C(=O)C1N=Nc1ccc(C(=O)O)cc1. The molecule has 0 saturated carbocycles. The lowest BCUT2D eigenvalue weighted by Gasteiger charge is -2.03. The molecule has 7 nitrogen and oxygen atoms in total. The number of aromatic carboxylic acids is 1. The molecule has 1 aromatic carbocycles. The molecule has 7 heteroatoms. The van der Waals surface area contributed by atoms with Gasteiger partial charge in [0.1, 0.15) is 0 Å². The van der Waals surface area contributed by atoms with Crippen molar-refractivity contribution in [3.63, 3.8) is 0 Å². The van der Waals surface area contributed by atoms with Gasteiger partial charge in [0.15, 0.2) is 6.04 Å². The van der Waals surface area contributed by atoms with Crippen molar-refractivity contribution in [3.8, 4) is 0 Å². The molecule has 1 aromatic rings.